The molecule has 158 valence electrons. The number of alkyl halides is 3. The molecule has 1 amide bonds. The van der Waals surface area contributed by atoms with E-state index in [4.69, 9.17) is 4.42 Å². The van der Waals surface area contributed by atoms with Gasteiger partial charge in [0.1, 0.15) is 5.82 Å². The molecule has 3 aromatic rings. The van der Waals surface area contributed by atoms with Crippen LogP contribution in [-0.2, 0) is 20.8 Å². The number of nitrogens with one attached hydrogen (secondary N) is 1. The first-order valence-corrected chi connectivity index (χ1v) is 9.99. The van der Waals surface area contributed by atoms with Crippen molar-refractivity contribution in [1.82, 2.24) is 10.2 Å². The zero-order valence-electron chi connectivity index (χ0n) is 15.0. The van der Waals surface area contributed by atoms with E-state index in [-0.39, 0.29) is 22.4 Å². The van der Waals surface area contributed by atoms with Crippen LogP contribution in [0.15, 0.2) is 57.8 Å². The topological polar surface area (TPSA) is 102 Å². The predicted molar refractivity (Wildman–Crippen MR) is 96.4 cm³/mol. The molecule has 12 heteroatoms. The monoisotopic (exact) mass is 443 g/mol. The summed E-state index contributed by atoms with van der Waals surface area (Å²) >= 11 is 0. The lowest BCUT2D eigenvalue weighted by Gasteiger charge is -2.06. The van der Waals surface area contributed by atoms with E-state index in [1.807, 2.05) is 0 Å². The van der Waals surface area contributed by atoms with E-state index in [0.29, 0.717) is 0 Å². The summed E-state index contributed by atoms with van der Waals surface area (Å²) in [5, 5.41) is 9.40. The molecule has 0 aliphatic heterocycles. The summed E-state index contributed by atoms with van der Waals surface area (Å²) < 4.78 is 80.2. The molecule has 0 aliphatic rings. The first-order valence-electron chi connectivity index (χ1n) is 8.34. The molecule has 0 radical (unpaired) electrons. The summed E-state index contributed by atoms with van der Waals surface area (Å²) in [5.74, 6) is -1.99. The second-order valence-electron chi connectivity index (χ2n) is 6.06. The Hall–Kier alpha value is -3.28. The Bertz CT molecular complexity index is 1140. The van der Waals surface area contributed by atoms with E-state index in [1.165, 1.54) is 0 Å². The van der Waals surface area contributed by atoms with Crippen molar-refractivity contribution in [2.45, 2.75) is 17.5 Å². The fourth-order valence-corrected chi connectivity index (χ4v) is 3.60. The van der Waals surface area contributed by atoms with Crippen LogP contribution in [0.3, 0.4) is 0 Å². The molecule has 0 saturated heterocycles. The van der Waals surface area contributed by atoms with E-state index in [1.54, 1.807) is 0 Å². The maximum absolute atomic E-state index is 12.9. The molecule has 30 heavy (non-hydrogen) atoms. The van der Waals surface area contributed by atoms with Crippen molar-refractivity contribution in [3.8, 4) is 11.5 Å². The fraction of sp³-hybridized carbons (Fsp3) is 0.167. The lowest BCUT2D eigenvalue weighted by atomic mass is 10.1. The third kappa shape index (κ3) is 5.20. The molecule has 0 saturated carbocycles. The lowest BCUT2D eigenvalue weighted by molar-refractivity contribution is -0.137. The number of sulfone groups is 1. The summed E-state index contributed by atoms with van der Waals surface area (Å²) in [6.07, 6.45) is -4.92. The Morgan fingerprint density at radius 3 is 2.23 bits per heavy atom. The number of amides is 1. The van der Waals surface area contributed by atoms with Crippen LogP contribution in [0.5, 0.6) is 0 Å². The largest absolute Gasteiger partial charge is 0.416 e. The van der Waals surface area contributed by atoms with Crippen LogP contribution in [0.2, 0.25) is 0 Å². The van der Waals surface area contributed by atoms with Gasteiger partial charge < -0.3 is 4.42 Å². The van der Waals surface area contributed by atoms with E-state index < -0.39 is 45.5 Å². The molecule has 1 N–H and O–H groups in total. The number of carbonyl (C=O) groups excluding carboxylic acids is 1. The quantitative estimate of drug-likeness (QED) is 0.461. The first-order chi connectivity index (χ1) is 14.0. The number of halogens is 4. The predicted octanol–water partition coefficient (Wildman–Crippen LogP) is 3.70. The van der Waals surface area contributed by atoms with Crippen molar-refractivity contribution in [3.63, 3.8) is 0 Å². The Morgan fingerprint density at radius 2 is 1.63 bits per heavy atom. The van der Waals surface area contributed by atoms with Gasteiger partial charge in [0.25, 0.3) is 0 Å². The third-order valence-corrected chi connectivity index (χ3v) is 5.63. The molecule has 1 heterocycles. The molecule has 7 nitrogen and oxygen atoms in total. The minimum atomic E-state index is -4.49. The number of hydrogen-bond acceptors (Lipinski definition) is 6. The number of aromatic nitrogens is 2. The van der Waals surface area contributed by atoms with Crippen LogP contribution in [0.25, 0.3) is 11.5 Å². The van der Waals surface area contributed by atoms with Crippen molar-refractivity contribution >= 4 is 21.8 Å². The highest BCUT2D eigenvalue weighted by Gasteiger charge is 2.30. The standard InChI is InChI=1S/C18H13F4N3O4S/c19-13-5-7-14(8-6-13)30(27,28)10-9-15(26)23-17-25-24-16(29-17)11-1-3-12(4-2-11)18(20,21)22/h1-8H,9-10H2,(H,23,25,26). The van der Waals surface area contributed by atoms with Crippen LogP contribution < -0.4 is 5.32 Å². The van der Waals surface area contributed by atoms with Crippen LogP contribution in [0.1, 0.15) is 12.0 Å². The fourth-order valence-electron chi connectivity index (χ4n) is 2.36. The highest BCUT2D eigenvalue weighted by Crippen LogP contribution is 2.30. The number of benzene rings is 2. The van der Waals surface area contributed by atoms with Gasteiger partial charge in [-0.05, 0) is 48.5 Å². The second kappa shape index (κ2) is 8.22. The van der Waals surface area contributed by atoms with Gasteiger partial charge in [0.05, 0.1) is 16.2 Å². The molecule has 0 bridgehead atoms. The number of nitrogens with zero attached hydrogens (tertiary/aromatic N) is 2. The minimum absolute atomic E-state index is 0.126. The number of hydrogen-bond donors (Lipinski definition) is 1. The van der Waals surface area contributed by atoms with Gasteiger partial charge in [0, 0.05) is 12.0 Å². The number of anilines is 1. The van der Waals surface area contributed by atoms with E-state index >= 15 is 0 Å². The van der Waals surface area contributed by atoms with Gasteiger partial charge in [-0.3, -0.25) is 10.1 Å². The number of carbonyl (C=O) groups is 1. The van der Waals surface area contributed by atoms with Gasteiger partial charge >= 0.3 is 12.2 Å². The van der Waals surface area contributed by atoms with Gasteiger partial charge in [-0.1, -0.05) is 5.10 Å². The molecular formula is C18H13F4N3O4S. The van der Waals surface area contributed by atoms with Crippen molar-refractivity contribution < 1.29 is 35.2 Å². The van der Waals surface area contributed by atoms with Crippen molar-refractivity contribution in [3.05, 3.63) is 59.9 Å². The molecule has 0 atom stereocenters. The van der Waals surface area contributed by atoms with E-state index in [9.17, 15) is 30.8 Å². The summed E-state index contributed by atoms with van der Waals surface area (Å²) in [6, 6.07) is 7.80. The van der Waals surface area contributed by atoms with Gasteiger partial charge in [-0.25, -0.2) is 12.8 Å². The molecule has 0 unspecified atom stereocenters. The average Bonchev–Trinajstić information content (AvgIpc) is 3.15. The SMILES string of the molecule is O=C(CCS(=O)(=O)c1ccc(F)cc1)Nc1nnc(-c2ccc(C(F)(F)F)cc2)o1. The third-order valence-electron chi connectivity index (χ3n) is 3.90. The molecule has 2 aromatic carbocycles. The van der Waals surface area contributed by atoms with Crippen molar-refractivity contribution in [2.75, 3.05) is 11.1 Å². The molecular weight excluding hydrogens is 430 g/mol. The van der Waals surface area contributed by atoms with Crippen LogP contribution in [-0.4, -0.2) is 30.3 Å². The molecule has 1 aromatic heterocycles. The number of rotatable bonds is 6. The van der Waals surface area contributed by atoms with E-state index in [0.717, 1.165) is 48.5 Å². The van der Waals surface area contributed by atoms with Gasteiger partial charge in [0.15, 0.2) is 9.84 Å². The summed E-state index contributed by atoms with van der Waals surface area (Å²) in [7, 11) is -3.80. The van der Waals surface area contributed by atoms with Gasteiger partial charge in [0.2, 0.25) is 11.8 Å². The maximum Gasteiger partial charge on any atom is 0.416 e. The normalized spacial score (nSPS) is 12.0. The molecule has 0 spiro atoms. The smallest absolute Gasteiger partial charge is 0.403 e. The van der Waals surface area contributed by atoms with Crippen molar-refractivity contribution in [2.24, 2.45) is 0 Å². The van der Waals surface area contributed by atoms with Crippen LogP contribution >= 0.6 is 0 Å². The highest BCUT2D eigenvalue weighted by atomic mass is 32.2. The first kappa shape index (κ1) is 21.4. The summed E-state index contributed by atoms with van der Waals surface area (Å²) in [4.78, 5) is 11.8. The highest BCUT2D eigenvalue weighted by molar-refractivity contribution is 7.91. The molecule has 0 fully saturated rings. The van der Waals surface area contributed by atoms with Gasteiger partial charge in [-0.2, -0.15) is 13.2 Å². The van der Waals surface area contributed by atoms with E-state index in [2.05, 4.69) is 15.5 Å². The Morgan fingerprint density at radius 1 is 1.00 bits per heavy atom. The van der Waals surface area contributed by atoms with Crippen LogP contribution in [0.4, 0.5) is 23.6 Å². The Kier molecular flexibility index (Phi) is 5.87. The van der Waals surface area contributed by atoms with Crippen LogP contribution in [0, 0.1) is 5.82 Å². The summed E-state index contributed by atoms with van der Waals surface area (Å²) in [5.41, 5.74) is -0.642. The summed E-state index contributed by atoms with van der Waals surface area (Å²) in [6.45, 7) is 0. The zero-order valence-corrected chi connectivity index (χ0v) is 15.8. The molecule has 3 rings (SSSR count). The lowest BCUT2D eigenvalue weighted by Crippen LogP contribution is -2.17. The average molecular weight is 443 g/mol. The Labute approximate surface area is 167 Å². The minimum Gasteiger partial charge on any atom is -0.403 e. The van der Waals surface area contributed by atoms with Gasteiger partial charge in [-0.15, -0.1) is 5.10 Å². The van der Waals surface area contributed by atoms with Crippen molar-refractivity contribution in [1.29, 1.82) is 0 Å². The molecule has 0 aliphatic carbocycles. The zero-order chi connectivity index (χ0) is 21.9. The second-order valence-corrected chi connectivity index (χ2v) is 8.17. The maximum atomic E-state index is 12.9. The Balaban J connectivity index is 1.60.